The Morgan fingerprint density at radius 1 is 1.30 bits per heavy atom. The highest BCUT2D eigenvalue weighted by Crippen LogP contribution is 2.43. The van der Waals surface area contributed by atoms with Crippen LogP contribution in [0.15, 0.2) is 35.6 Å². The minimum atomic E-state index is 0. The minimum absolute atomic E-state index is 0. The van der Waals surface area contributed by atoms with Crippen LogP contribution in [0.1, 0.15) is 32.1 Å². The zero-order valence-electron chi connectivity index (χ0n) is 16.4. The Kier molecular flexibility index (Phi) is 8.82. The molecule has 0 aliphatic heterocycles. The Balaban J connectivity index is 0.00000261. The van der Waals surface area contributed by atoms with Crippen molar-refractivity contribution in [2.75, 3.05) is 33.9 Å². The predicted octanol–water partition coefficient (Wildman–Crippen LogP) is 3.42. The number of aliphatic imine (C=N–C) groups is 1. The van der Waals surface area contributed by atoms with Gasteiger partial charge in [-0.2, -0.15) is 0 Å². The van der Waals surface area contributed by atoms with E-state index in [1.165, 1.54) is 24.8 Å². The molecule has 1 aromatic heterocycles. The average molecular weight is 485 g/mol. The number of hydrogen-bond donors (Lipinski definition) is 2. The Morgan fingerprint density at radius 3 is 2.81 bits per heavy atom. The number of nitrogens with one attached hydrogen (secondary N) is 2. The van der Waals surface area contributed by atoms with Crippen molar-refractivity contribution in [2.24, 2.45) is 10.4 Å². The van der Waals surface area contributed by atoms with Gasteiger partial charge < -0.3 is 19.9 Å². The number of guanidine groups is 1. The second-order valence-electron chi connectivity index (χ2n) is 7.23. The highest BCUT2D eigenvalue weighted by molar-refractivity contribution is 14.0. The number of aryl methyl sites for hydroxylation is 1. The average Bonchev–Trinajstić information content (AvgIpc) is 3.05. The van der Waals surface area contributed by atoms with Gasteiger partial charge in [0, 0.05) is 40.4 Å². The van der Waals surface area contributed by atoms with Gasteiger partial charge in [0.1, 0.15) is 0 Å². The molecule has 2 aromatic rings. The van der Waals surface area contributed by atoms with Gasteiger partial charge in [0.05, 0.1) is 17.4 Å². The lowest BCUT2D eigenvalue weighted by Crippen LogP contribution is -2.47. The maximum atomic E-state index is 5.27. The molecule has 27 heavy (non-hydrogen) atoms. The zero-order chi connectivity index (χ0) is 18.2. The van der Waals surface area contributed by atoms with E-state index >= 15 is 0 Å². The van der Waals surface area contributed by atoms with Crippen molar-refractivity contribution in [1.82, 2.24) is 20.2 Å². The topological polar surface area (TPSA) is 63.5 Å². The van der Waals surface area contributed by atoms with Crippen molar-refractivity contribution in [3.63, 3.8) is 0 Å². The second-order valence-corrected chi connectivity index (χ2v) is 7.23. The van der Waals surface area contributed by atoms with E-state index in [2.05, 4.69) is 43.4 Å². The number of fused-ring (bicyclic) bond motifs is 1. The van der Waals surface area contributed by atoms with Crippen molar-refractivity contribution >= 4 is 41.0 Å². The summed E-state index contributed by atoms with van der Waals surface area (Å²) in [5.41, 5.74) is 2.64. The first-order chi connectivity index (χ1) is 12.8. The molecule has 1 fully saturated rings. The van der Waals surface area contributed by atoms with E-state index < -0.39 is 0 Å². The van der Waals surface area contributed by atoms with E-state index in [4.69, 9.17) is 4.74 Å². The monoisotopic (exact) mass is 485 g/mol. The van der Waals surface area contributed by atoms with Gasteiger partial charge in [0.25, 0.3) is 0 Å². The number of nitrogens with zero attached hydrogens (tertiary/aromatic N) is 3. The van der Waals surface area contributed by atoms with Gasteiger partial charge >= 0.3 is 0 Å². The van der Waals surface area contributed by atoms with E-state index in [0.717, 1.165) is 50.6 Å². The number of benzene rings is 1. The van der Waals surface area contributed by atoms with Crippen LogP contribution < -0.4 is 10.6 Å². The van der Waals surface area contributed by atoms with Crippen LogP contribution >= 0.6 is 24.0 Å². The molecule has 0 saturated heterocycles. The number of aromatic nitrogens is 2. The van der Waals surface area contributed by atoms with Gasteiger partial charge in [-0.3, -0.25) is 4.99 Å². The van der Waals surface area contributed by atoms with E-state index in [1.54, 1.807) is 7.11 Å². The molecule has 0 unspecified atom stereocenters. The quantitative estimate of drug-likeness (QED) is 0.247. The fourth-order valence-electron chi connectivity index (χ4n) is 3.65. The molecule has 0 amide bonds. The van der Waals surface area contributed by atoms with Crippen LogP contribution in [0.5, 0.6) is 0 Å². The number of imidazole rings is 1. The highest BCUT2D eigenvalue weighted by atomic mass is 127. The Morgan fingerprint density at radius 2 is 2.11 bits per heavy atom. The molecule has 1 aromatic carbocycles. The summed E-state index contributed by atoms with van der Waals surface area (Å²) in [5.74, 6) is 0.893. The van der Waals surface area contributed by atoms with Crippen molar-refractivity contribution in [3.8, 4) is 0 Å². The Labute approximate surface area is 179 Å². The van der Waals surface area contributed by atoms with Gasteiger partial charge in [-0.15, -0.1) is 24.0 Å². The molecule has 0 radical (unpaired) electrons. The van der Waals surface area contributed by atoms with Gasteiger partial charge in [-0.25, -0.2) is 4.98 Å². The number of hydrogen-bond acceptors (Lipinski definition) is 3. The number of rotatable bonds is 9. The molecule has 1 saturated carbocycles. The lowest BCUT2D eigenvalue weighted by Gasteiger charge is -2.42. The predicted molar refractivity (Wildman–Crippen MR) is 122 cm³/mol. The van der Waals surface area contributed by atoms with Crippen molar-refractivity contribution in [3.05, 3.63) is 30.6 Å². The summed E-state index contributed by atoms with van der Waals surface area (Å²) in [6, 6.07) is 8.26. The largest absolute Gasteiger partial charge is 0.385 e. The molecule has 2 N–H and O–H groups in total. The van der Waals surface area contributed by atoms with Gasteiger partial charge in [-0.05, 0) is 43.2 Å². The molecule has 1 heterocycles. The summed E-state index contributed by atoms with van der Waals surface area (Å²) in [7, 11) is 3.62. The summed E-state index contributed by atoms with van der Waals surface area (Å²) in [5, 5.41) is 6.94. The molecule has 0 atom stereocenters. The van der Waals surface area contributed by atoms with Crippen LogP contribution in [0.4, 0.5) is 0 Å². The van der Waals surface area contributed by atoms with E-state index in [-0.39, 0.29) is 24.0 Å². The van der Waals surface area contributed by atoms with Crippen LogP contribution in [-0.2, 0) is 11.3 Å². The second kappa shape index (κ2) is 10.8. The van der Waals surface area contributed by atoms with Crippen molar-refractivity contribution < 1.29 is 4.74 Å². The van der Waals surface area contributed by atoms with E-state index in [9.17, 15) is 0 Å². The van der Waals surface area contributed by atoms with Crippen LogP contribution in [0.2, 0.25) is 0 Å². The summed E-state index contributed by atoms with van der Waals surface area (Å²) >= 11 is 0. The number of halogens is 1. The number of methoxy groups -OCH3 is 1. The summed E-state index contributed by atoms with van der Waals surface area (Å²) in [4.78, 5) is 8.80. The first kappa shape index (κ1) is 21.9. The lowest BCUT2D eigenvalue weighted by atomic mass is 9.67. The Bertz CT molecular complexity index is 726. The van der Waals surface area contributed by atoms with E-state index in [0.29, 0.717) is 5.41 Å². The van der Waals surface area contributed by atoms with E-state index in [1.807, 2.05) is 19.4 Å². The van der Waals surface area contributed by atoms with Crippen molar-refractivity contribution in [1.29, 1.82) is 0 Å². The van der Waals surface area contributed by atoms with Gasteiger partial charge in [0.2, 0.25) is 0 Å². The lowest BCUT2D eigenvalue weighted by molar-refractivity contribution is 0.0732. The summed E-state index contributed by atoms with van der Waals surface area (Å²) in [6.45, 7) is 3.65. The van der Waals surface area contributed by atoms with Crippen LogP contribution in [0.3, 0.4) is 0 Å². The first-order valence-corrected chi connectivity index (χ1v) is 9.60. The van der Waals surface area contributed by atoms with Crippen molar-refractivity contribution in [2.45, 2.75) is 38.6 Å². The molecule has 6 nitrogen and oxygen atoms in total. The normalized spacial score (nSPS) is 15.9. The standard InChI is InChI=1S/C20H31N5O.HI/c1-21-19(23-15-20(9-5-10-20)11-14-26-2)22-12-6-13-25-16-24-17-7-3-4-8-18(17)25;/h3-4,7-8,16H,5-6,9-15H2,1-2H3,(H2,21,22,23);1H. The SMILES string of the molecule is CN=C(NCCCn1cnc2ccccc21)NCC1(CCOC)CCC1.I. The molecule has 0 spiro atoms. The summed E-state index contributed by atoms with van der Waals surface area (Å²) in [6.07, 6.45) is 7.98. The molecular formula is C20H32IN5O. The number of para-hydroxylation sites is 2. The molecular weight excluding hydrogens is 453 g/mol. The fourth-order valence-corrected chi connectivity index (χ4v) is 3.65. The molecule has 0 bridgehead atoms. The number of ether oxygens (including phenoxy) is 1. The Hall–Kier alpha value is -1.35. The minimum Gasteiger partial charge on any atom is -0.385 e. The maximum absolute atomic E-state index is 5.27. The first-order valence-electron chi connectivity index (χ1n) is 9.60. The fraction of sp³-hybridized carbons (Fsp3) is 0.600. The molecule has 3 rings (SSSR count). The highest BCUT2D eigenvalue weighted by Gasteiger charge is 2.36. The van der Waals surface area contributed by atoms with Gasteiger partial charge in [-0.1, -0.05) is 18.6 Å². The summed E-state index contributed by atoms with van der Waals surface area (Å²) < 4.78 is 7.48. The molecule has 7 heteroatoms. The molecule has 1 aliphatic rings. The van der Waals surface area contributed by atoms with Crippen LogP contribution in [-0.4, -0.2) is 49.4 Å². The smallest absolute Gasteiger partial charge is 0.190 e. The zero-order valence-corrected chi connectivity index (χ0v) is 18.7. The third-order valence-electron chi connectivity index (χ3n) is 5.50. The van der Waals surface area contributed by atoms with Crippen LogP contribution in [0, 0.1) is 5.41 Å². The van der Waals surface area contributed by atoms with Crippen LogP contribution in [0.25, 0.3) is 11.0 Å². The third-order valence-corrected chi connectivity index (χ3v) is 5.50. The molecule has 150 valence electrons. The third kappa shape index (κ3) is 5.81. The van der Waals surface area contributed by atoms with Gasteiger partial charge in [0.15, 0.2) is 5.96 Å². The molecule has 1 aliphatic carbocycles. The maximum Gasteiger partial charge on any atom is 0.190 e.